The summed E-state index contributed by atoms with van der Waals surface area (Å²) in [4.78, 5) is 16.9. The maximum atomic E-state index is 13.6. The number of amides is 1. The Morgan fingerprint density at radius 1 is 1.09 bits per heavy atom. The number of anilines is 1. The van der Waals surface area contributed by atoms with Crippen molar-refractivity contribution in [2.75, 3.05) is 24.5 Å². The summed E-state index contributed by atoms with van der Waals surface area (Å²) < 4.78 is 27.2. The first-order chi connectivity index (χ1) is 15.4. The van der Waals surface area contributed by atoms with E-state index in [1.165, 1.54) is 32.1 Å². The second kappa shape index (κ2) is 9.87. The lowest BCUT2D eigenvalue weighted by Crippen LogP contribution is -2.42. The molecule has 2 fully saturated rings. The Labute approximate surface area is 192 Å². The number of nitrogens with zero attached hydrogens (tertiary/aromatic N) is 3. The van der Waals surface area contributed by atoms with E-state index in [0.717, 1.165) is 36.9 Å². The first kappa shape index (κ1) is 22.5. The number of likely N-dealkylation sites (tertiary alicyclic amines) is 1. The van der Waals surface area contributed by atoms with Gasteiger partial charge in [0, 0.05) is 43.0 Å². The van der Waals surface area contributed by atoms with E-state index in [4.69, 9.17) is 11.6 Å². The monoisotopic (exact) mass is 457 g/mol. The molecule has 32 heavy (non-hydrogen) atoms. The molecule has 1 aliphatic heterocycles. The Hall–Kier alpha value is -2.65. The van der Waals surface area contributed by atoms with Crippen molar-refractivity contribution in [1.82, 2.24) is 4.90 Å². The Kier molecular flexibility index (Phi) is 6.95. The third-order valence-electron chi connectivity index (χ3n) is 6.59. The Bertz CT molecular complexity index is 1010. The number of benzene rings is 2. The molecule has 7 heteroatoms. The quantitative estimate of drug-likeness (QED) is 0.570. The normalized spacial score (nSPS) is 19.1. The molecule has 1 saturated heterocycles. The molecule has 168 valence electrons. The van der Waals surface area contributed by atoms with Crippen LogP contribution < -0.4 is 4.90 Å². The Morgan fingerprint density at radius 3 is 2.47 bits per heavy atom. The third kappa shape index (κ3) is 5.05. The van der Waals surface area contributed by atoms with E-state index in [9.17, 15) is 18.8 Å². The number of carbonyl (C=O) groups excluding carboxylic acids is 1. The SMILES string of the molecule is N#Cc1ccc(N(CC2CCCCC2)[C@H]2CCN(C(=O)c3cc(F)cc(F)c3)C2)cc1Cl. The molecule has 2 aromatic rings. The van der Waals surface area contributed by atoms with E-state index in [1.54, 1.807) is 11.0 Å². The van der Waals surface area contributed by atoms with Crippen LogP contribution in [0.2, 0.25) is 5.02 Å². The fraction of sp³-hybridized carbons (Fsp3) is 0.440. The maximum absolute atomic E-state index is 13.6. The van der Waals surface area contributed by atoms with Gasteiger partial charge in [-0.3, -0.25) is 4.79 Å². The molecule has 1 saturated carbocycles. The highest BCUT2D eigenvalue weighted by Crippen LogP contribution is 2.32. The van der Waals surface area contributed by atoms with Crippen molar-refractivity contribution in [2.24, 2.45) is 5.92 Å². The molecule has 1 heterocycles. The molecule has 0 spiro atoms. The average Bonchev–Trinajstić information content (AvgIpc) is 3.27. The molecule has 2 aliphatic rings. The summed E-state index contributed by atoms with van der Waals surface area (Å²) in [5.41, 5.74) is 1.41. The van der Waals surface area contributed by atoms with Gasteiger partial charge >= 0.3 is 0 Å². The van der Waals surface area contributed by atoms with Gasteiger partial charge in [-0.05, 0) is 55.5 Å². The minimum absolute atomic E-state index is 0.0309. The standard InChI is InChI=1S/C25H26ClF2N3O/c26-24-13-22(7-6-18(24)14-29)31(15-17-4-2-1-3-5-17)23-8-9-30(16-23)25(32)19-10-20(27)12-21(28)11-19/h6-7,10-13,17,23H,1-5,8-9,15-16H2/t23-/m0/s1. The van der Waals surface area contributed by atoms with Crippen LogP contribution in [0.15, 0.2) is 36.4 Å². The second-order valence-corrected chi connectivity index (χ2v) is 9.19. The highest BCUT2D eigenvalue weighted by atomic mass is 35.5. The molecule has 1 atom stereocenters. The molecule has 2 aromatic carbocycles. The van der Waals surface area contributed by atoms with Gasteiger partial charge in [-0.25, -0.2) is 8.78 Å². The number of rotatable bonds is 5. The van der Waals surface area contributed by atoms with Gasteiger partial charge < -0.3 is 9.80 Å². The van der Waals surface area contributed by atoms with Crippen molar-refractivity contribution in [3.63, 3.8) is 0 Å². The molecule has 4 nitrogen and oxygen atoms in total. The van der Waals surface area contributed by atoms with Crippen LogP contribution in [0.1, 0.15) is 54.4 Å². The molecule has 0 N–H and O–H groups in total. The van der Waals surface area contributed by atoms with Gasteiger partial charge in [0.1, 0.15) is 17.7 Å². The fourth-order valence-corrected chi connectivity index (χ4v) is 5.14. The largest absolute Gasteiger partial charge is 0.366 e. The molecular weight excluding hydrogens is 432 g/mol. The van der Waals surface area contributed by atoms with E-state index >= 15 is 0 Å². The summed E-state index contributed by atoms with van der Waals surface area (Å²) in [6, 6.07) is 10.6. The van der Waals surface area contributed by atoms with E-state index in [-0.39, 0.29) is 17.5 Å². The molecular formula is C25H26ClF2N3O. The van der Waals surface area contributed by atoms with E-state index in [2.05, 4.69) is 11.0 Å². The molecule has 0 aromatic heterocycles. The zero-order valence-electron chi connectivity index (χ0n) is 17.9. The van der Waals surface area contributed by atoms with Crippen LogP contribution in [0.4, 0.5) is 14.5 Å². The summed E-state index contributed by atoms with van der Waals surface area (Å²) in [6.07, 6.45) is 6.85. The summed E-state index contributed by atoms with van der Waals surface area (Å²) in [6.45, 7) is 1.86. The zero-order valence-corrected chi connectivity index (χ0v) is 18.6. The Balaban J connectivity index is 1.55. The van der Waals surface area contributed by atoms with E-state index < -0.39 is 11.6 Å². The smallest absolute Gasteiger partial charge is 0.254 e. The van der Waals surface area contributed by atoms with Crippen molar-refractivity contribution >= 4 is 23.2 Å². The van der Waals surface area contributed by atoms with Crippen molar-refractivity contribution < 1.29 is 13.6 Å². The van der Waals surface area contributed by atoms with Gasteiger partial charge in [0.25, 0.3) is 5.91 Å². The van der Waals surface area contributed by atoms with Gasteiger partial charge in [-0.15, -0.1) is 0 Å². The number of halogens is 3. The molecule has 0 unspecified atom stereocenters. The van der Waals surface area contributed by atoms with Crippen LogP contribution >= 0.6 is 11.6 Å². The average molecular weight is 458 g/mol. The first-order valence-corrected chi connectivity index (χ1v) is 11.5. The van der Waals surface area contributed by atoms with Gasteiger partial charge in [0.05, 0.1) is 10.6 Å². The zero-order chi connectivity index (χ0) is 22.7. The number of carbonyl (C=O) groups is 1. The van der Waals surface area contributed by atoms with Crippen LogP contribution in [-0.4, -0.2) is 36.5 Å². The number of hydrogen-bond acceptors (Lipinski definition) is 3. The lowest BCUT2D eigenvalue weighted by molar-refractivity contribution is 0.0789. The predicted molar refractivity (Wildman–Crippen MR) is 121 cm³/mol. The van der Waals surface area contributed by atoms with Crippen LogP contribution in [0.25, 0.3) is 0 Å². The summed E-state index contributed by atoms with van der Waals surface area (Å²) in [7, 11) is 0. The molecule has 0 bridgehead atoms. The van der Waals surface area contributed by atoms with Crippen LogP contribution in [0.5, 0.6) is 0 Å². The summed E-state index contributed by atoms with van der Waals surface area (Å²) in [5, 5.41) is 9.63. The molecule has 0 radical (unpaired) electrons. The molecule has 1 aliphatic carbocycles. The highest BCUT2D eigenvalue weighted by molar-refractivity contribution is 6.32. The highest BCUT2D eigenvalue weighted by Gasteiger charge is 2.33. The van der Waals surface area contributed by atoms with Crippen LogP contribution in [-0.2, 0) is 0 Å². The summed E-state index contributed by atoms with van der Waals surface area (Å²) in [5.74, 6) is -1.30. The number of hydrogen-bond donors (Lipinski definition) is 0. The second-order valence-electron chi connectivity index (χ2n) is 8.78. The lowest BCUT2D eigenvalue weighted by atomic mass is 9.88. The topological polar surface area (TPSA) is 47.3 Å². The van der Waals surface area contributed by atoms with Gasteiger partial charge in [0.15, 0.2) is 0 Å². The van der Waals surface area contributed by atoms with Crippen molar-refractivity contribution in [1.29, 1.82) is 5.26 Å². The number of nitriles is 1. The van der Waals surface area contributed by atoms with Crippen molar-refractivity contribution in [3.8, 4) is 6.07 Å². The van der Waals surface area contributed by atoms with Crippen LogP contribution in [0.3, 0.4) is 0 Å². The van der Waals surface area contributed by atoms with Crippen molar-refractivity contribution in [2.45, 2.75) is 44.6 Å². The van der Waals surface area contributed by atoms with E-state index in [0.29, 0.717) is 29.6 Å². The van der Waals surface area contributed by atoms with E-state index in [1.807, 2.05) is 12.1 Å². The van der Waals surface area contributed by atoms with Gasteiger partial charge in [-0.2, -0.15) is 5.26 Å². The third-order valence-corrected chi connectivity index (χ3v) is 6.90. The van der Waals surface area contributed by atoms with Crippen LogP contribution in [0, 0.1) is 28.9 Å². The summed E-state index contributed by atoms with van der Waals surface area (Å²) >= 11 is 6.33. The first-order valence-electron chi connectivity index (χ1n) is 11.2. The van der Waals surface area contributed by atoms with Gasteiger partial charge in [0.2, 0.25) is 0 Å². The minimum atomic E-state index is -0.754. The molecule has 4 rings (SSSR count). The van der Waals surface area contributed by atoms with Gasteiger partial charge in [-0.1, -0.05) is 30.9 Å². The molecule has 1 amide bonds. The fourth-order valence-electron chi connectivity index (χ4n) is 4.93. The predicted octanol–water partition coefficient (Wildman–Crippen LogP) is 5.79. The lowest BCUT2D eigenvalue weighted by Gasteiger charge is -2.36. The van der Waals surface area contributed by atoms with Crippen molar-refractivity contribution in [3.05, 3.63) is 64.2 Å². The maximum Gasteiger partial charge on any atom is 0.254 e. The minimum Gasteiger partial charge on any atom is -0.366 e. The Morgan fingerprint density at radius 2 is 1.81 bits per heavy atom.